The number of fused-ring (bicyclic) bond motifs is 1. The summed E-state index contributed by atoms with van der Waals surface area (Å²) < 4.78 is 16.1. The number of rotatable bonds is 4. The standard InChI is InChI=1S/C17H22N2O4/c1-10-12(11(2)23-18-10)7-19-8-13-15(21-3)5-6-16(22-4)17(13)14(20)9-19/h5-6,14,20H,7-9H2,1-4H3/t14-/m1/s1. The highest BCUT2D eigenvalue weighted by Gasteiger charge is 2.30. The van der Waals surface area contributed by atoms with Gasteiger partial charge in [-0.3, -0.25) is 4.90 Å². The van der Waals surface area contributed by atoms with Gasteiger partial charge in [0.1, 0.15) is 17.3 Å². The van der Waals surface area contributed by atoms with E-state index in [2.05, 4.69) is 10.1 Å². The fourth-order valence-corrected chi connectivity index (χ4v) is 3.22. The van der Waals surface area contributed by atoms with E-state index in [9.17, 15) is 5.11 Å². The van der Waals surface area contributed by atoms with Gasteiger partial charge in [-0.1, -0.05) is 5.16 Å². The zero-order valence-corrected chi connectivity index (χ0v) is 13.9. The molecular weight excluding hydrogens is 296 g/mol. The van der Waals surface area contributed by atoms with Crippen molar-refractivity contribution in [2.45, 2.75) is 33.0 Å². The van der Waals surface area contributed by atoms with Gasteiger partial charge in [0.2, 0.25) is 0 Å². The third-order valence-electron chi connectivity index (χ3n) is 4.42. The molecule has 0 saturated heterocycles. The first-order valence-electron chi connectivity index (χ1n) is 7.61. The number of aryl methyl sites for hydroxylation is 2. The van der Waals surface area contributed by atoms with Crippen LogP contribution in [-0.4, -0.2) is 35.9 Å². The predicted octanol–water partition coefficient (Wildman–Crippen LogP) is 2.36. The smallest absolute Gasteiger partial charge is 0.138 e. The molecule has 1 atom stereocenters. The van der Waals surface area contributed by atoms with Gasteiger partial charge < -0.3 is 19.1 Å². The zero-order chi connectivity index (χ0) is 16.6. The maximum absolute atomic E-state index is 10.6. The minimum Gasteiger partial charge on any atom is -0.496 e. The van der Waals surface area contributed by atoms with Crippen molar-refractivity contribution >= 4 is 0 Å². The van der Waals surface area contributed by atoms with Crippen molar-refractivity contribution in [1.29, 1.82) is 0 Å². The molecule has 0 spiro atoms. The van der Waals surface area contributed by atoms with Gasteiger partial charge in [0, 0.05) is 36.3 Å². The maximum Gasteiger partial charge on any atom is 0.138 e. The van der Waals surface area contributed by atoms with Crippen LogP contribution in [0.3, 0.4) is 0 Å². The van der Waals surface area contributed by atoms with Crippen LogP contribution in [0.2, 0.25) is 0 Å². The van der Waals surface area contributed by atoms with E-state index in [-0.39, 0.29) is 0 Å². The quantitative estimate of drug-likeness (QED) is 0.933. The van der Waals surface area contributed by atoms with Crippen molar-refractivity contribution in [2.24, 2.45) is 0 Å². The third-order valence-corrected chi connectivity index (χ3v) is 4.42. The molecule has 1 aliphatic heterocycles. The first-order valence-corrected chi connectivity index (χ1v) is 7.61. The Hall–Kier alpha value is -2.05. The Bertz CT molecular complexity index is 691. The molecule has 1 aliphatic rings. The number of methoxy groups -OCH3 is 2. The number of hydrogen-bond acceptors (Lipinski definition) is 6. The number of aliphatic hydroxyl groups is 1. The Morgan fingerprint density at radius 3 is 2.57 bits per heavy atom. The van der Waals surface area contributed by atoms with Crippen LogP contribution >= 0.6 is 0 Å². The zero-order valence-electron chi connectivity index (χ0n) is 13.9. The second kappa shape index (κ2) is 6.22. The lowest BCUT2D eigenvalue weighted by molar-refractivity contribution is 0.0839. The van der Waals surface area contributed by atoms with E-state index in [0.717, 1.165) is 33.9 Å². The summed E-state index contributed by atoms with van der Waals surface area (Å²) in [4.78, 5) is 2.17. The number of benzene rings is 1. The van der Waals surface area contributed by atoms with E-state index in [4.69, 9.17) is 14.0 Å². The summed E-state index contributed by atoms with van der Waals surface area (Å²) in [5, 5.41) is 14.6. The number of aliphatic hydroxyl groups excluding tert-OH is 1. The fraction of sp³-hybridized carbons (Fsp3) is 0.471. The van der Waals surface area contributed by atoms with Crippen LogP contribution < -0.4 is 9.47 Å². The molecule has 0 radical (unpaired) electrons. The van der Waals surface area contributed by atoms with E-state index in [1.54, 1.807) is 14.2 Å². The van der Waals surface area contributed by atoms with Gasteiger partial charge in [0.25, 0.3) is 0 Å². The molecule has 1 aromatic carbocycles. The summed E-state index contributed by atoms with van der Waals surface area (Å²) in [7, 11) is 3.26. The molecule has 1 aromatic heterocycles. The molecule has 6 heteroatoms. The Morgan fingerprint density at radius 2 is 1.96 bits per heavy atom. The second-order valence-electron chi connectivity index (χ2n) is 5.85. The fourth-order valence-electron chi connectivity index (χ4n) is 3.22. The first kappa shape index (κ1) is 15.8. The third kappa shape index (κ3) is 2.80. The van der Waals surface area contributed by atoms with E-state index >= 15 is 0 Å². The molecule has 2 aromatic rings. The lowest BCUT2D eigenvalue weighted by Crippen LogP contribution is -2.34. The lowest BCUT2D eigenvalue weighted by atomic mass is 9.94. The van der Waals surface area contributed by atoms with Crippen molar-refractivity contribution in [2.75, 3.05) is 20.8 Å². The van der Waals surface area contributed by atoms with Crippen LogP contribution in [0.5, 0.6) is 11.5 Å². The van der Waals surface area contributed by atoms with Crippen molar-refractivity contribution in [3.05, 3.63) is 40.3 Å². The minimum atomic E-state index is -0.621. The van der Waals surface area contributed by atoms with E-state index in [0.29, 0.717) is 25.4 Å². The Kier molecular flexibility index (Phi) is 4.28. The highest BCUT2D eigenvalue weighted by molar-refractivity contribution is 5.51. The second-order valence-corrected chi connectivity index (χ2v) is 5.85. The number of aromatic nitrogens is 1. The van der Waals surface area contributed by atoms with Crippen LogP contribution in [0, 0.1) is 13.8 Å². The Balaban J connectivity index is 1.93. The van der Waals surface area contributed by atoms with E-state index < -0.39 is 6.10 Å². The summed E-state index contributed by atoms with van der Waals surface area (Å²) in [5.74, 6) is 2.29. The number of β-amino-alcohol motifs (C(OH)–C–C–N with tert-alkyl or cyclic N) is 1. The molecule has 1 N–H and O–H groups in total. The molecular formula is C17H22N2O4. The summed E-state index contributed by atoms with van der Waals surface area (Å²) in [5.41, 5.74) is 3.75. The predicted molar refractivity (Wildman–Crippen MR) is 84.6 cm³/mol. The van der Waals surface area contributed by atoms with Crippen molar-refractivity contribution in [3.63, 3.8) is 0 Å². The van der Waals surface area contributed by atoms with E-state index in [1.165, 1.54) is 0 Å². The summed E-state index contributed by atoms with van der Waals surface area (Å²) in [6.07, 6.45) is -0.621. The van der Waals surface area contributed by atoms with Gasteiger partial charge in [-0.25, -0.2) is 0 Å². The molecule has 0 saturated carbocycles. The molecule has 124 valence electrons. The summed E-state index contributed by atoms with van der Waals surface area (Å²) in [6.45, 7) is 5.73. The van der Waals surface area contributed by atoms with Crippen LogP contribution in [0.25, 0.3) is 0 Å². The SMILES string of the molecule is COc1ccc(OC)c2c1CN(Cc1c(C)noc1C)C[C@H]2O. The first-order chi connectivity index (χ1) is 11.0. The molecule has 0 amide bonds. The van der Waals surface area contributed by atoms with E-state index in [1.807, 2.05) is 26.0 Å². The molecule has 0 aliphatic carbocycles. The normalized spacial score (nSPS) is 17.9. The van der Waals surface area contributed by atoms with Gasteiger partial charge in [0.15, 0.2) is 0 Å². The topological polar surface area (TPSA) is 68.0 Å². The monoisotopic (exact) mass is 318 g/mol. The van der Waals surface area contributed by atoms with Crippen LogP contribution in [0.1, 0.15) is 34.2 Å². The van der Waals surface area contributed by atoms with Crippen LogP contribution in [-0.2, 0) is 13.1 Å². The van der Waals surface area contributed by atoms with Crippen LogP contribution in [0.4, 0.5) is 0 Å². The molecule has 0 fully saturated rings. The summed E-state index contributed by atoms with van der Waals surface area (Å²) in [6, 6.07) is 3.72. The van der Waals surface area contributed by atoms with Gasteiger partial charge >= 0.3 is 0 Å². The number of ether oxygens (including phenoxy) is 2. The number of nitrogens with zero attached hydrogens (tertiary/aromatic N) is 2. The highest BCUT2D eigenvalue weighted by atomic mass is 16.5. The number of hydrogen-bond donors (Lipinski definition) is 1. The molecule has 3 rings (SSSR count). The maximum atomic E-state index is 10.6. The average molecular weight is 318 g/mol. The molecule has 6 nitrogen and oxygen atoms in total. The average Bonchev–Trinajstić information content (AvgIpc) is 2.85. The molecule has 0 unspecified atom stereocenters. The molecule has 2 heterocycles. The Labute approximate surface area is 135 Å². The van der Waals surface area contributed by atoms with Gasteiger partial charge in [-0.2, -0.15) is 0 Å². The van der Waals surface area contributed by atoms with Crippen molar-refractivity contribution in [3.8, 4) is 11.5 Å². The van der Waals surface area contributed by atoms with Gasteiger partial charge in [-0.15, -0.1) is 0 Å². The highest BCUT2D eigenvalue weighted by Crippen LogP contribution is 2.39. The van der Waals surface area contributed by atoms with Crippen molar-refractivity contribution in [1.82, 2.24) is 10.1 Å². The largest absolute Gasteiger partial charge is 0.496 e. The van der Waals surface area contributed by atoms with Crippen LogP contribution in [0.15, 0.2) is 16.7 Å². The minimum absolute atomic E-state index is 0.528. The lowest BCUT2D eigenvalue weighted by Gasteiger charge is -2.33. The van der Waals surface area contributed by atoms with Gasteiger partial charge in [0.05, 0.1) is 26.0 Å². The Morgan fingerprint density at radius 1 is 1.26 bits per heavy atom. The molecule has 0 bridgehead atoms. The van der Waals surface area contributed by atoms with Crippen molar-refractivity contribution < 1.29 is 19.1 Å². The molecule has 23 heavy (non-hydrogen) atoms. The summed E-state index contributed by atoms with van der Waals surface area (Å²) >= 11 is 0. The van der Waals surface area contributed by atoms with Gasteiger partial charge in [-0.05, 0) is 26.0 Å².